The number of amides is 2. The Morgan fingerprint density at radius 2 is 1.64 bits per heavy atom. The molecule has 0 heterocycles. The third kappa shape index (κ3) is 6.50. The van der Waals surface area contributed by atoms with Crippen LogP contribution in [-0.4, -0.2) is 48.2 Å². The first-order chi connectivity index (χ1) is 15.7. The molecule has 2 aromatic rings. The number of aliphatic carboxylic acids is 1. The van der Waals surface area contributed by atoms with E-state index in [0.717, 1.165) is 29.2 Å². The molecule has 0 fully saturated rings. The van der Waals surface area contributed by atoms with Crippen molar-refractivity contribution in [3.63, 3.8) is 0 Å². The monoisotopic (exact) mass is 460 g/mol. The van der Waals surface area contributed by atoms with E-state index in [2.05, 4.69) is 10.6 Å². The van der Waals surface area contributed by atoms with Crippen molar-refractivity contribution in [3.05, 3.63) is 59.7 Å². The summed E-state index contributed by atoms with van der Waals surface area (Å²) in [7, 11) is 0. The van der Waals surface area contributed by atoms with E-state index >= 15 is 0 Å². The molecule has 0 aliphatic heterocycles. The highest BCUT2D eigenvalue weighted by Crippen LogP contribution is 2.44. The molecule has 1 aliphatic carbocycles. The Labute approximate surface area is 190 Å². The van der Waals surface area contributed by atoms with Crippen LogP contribution in [0.4, 0.5) is 13.6 Å². The summed E-state index contributed by atoms with van der Waals surface area (Å²) in [4.78, 5) is 35.7. The quantitative estimate of drug-likeness (QED) is 0.499. The van der Waals surface area contributed by atoms with Gasteiger partial charge < -0.3 is 20.5 Å². The van der Waals surface area contributed by atoms with Crippen molar-refractivity contribution in [2.45, 2.75) is 44.1 Å². The number of alkyl carbamates (subject to hydrolysis) is 1. The van der Waals surface area contributed by atoms with Crippen LogP contribution in [0.3, 0.4) is 0 Å². The van der Waals surface area contributed by atoms with Gasteiger partial charge in [-0.3, -0.25) is 9.59 Å². The molecule has 176 valence electrons. The number of rotatable bonds is 10. The molecule has 3 N–H and O–H groups in total. The fourth-order valence-electron chi connectivity index (χ4n) is 3.85. The number of hydrogen-bond acceptors (Lipinski definition) is 4. The van der Waals surface area contributed by atoms with Gasteiger partial charge in [0, 0.05) is 25.3 Å². The molecule has 2 amide bonds. The number of carboxylic acids is 1. The van der Waals surface area contributed by atoms with E-state index in [1.54, 1.807) is 0 Å². The highest BCUT2D eigenvalue weighted by molar-refractivity contribution is 5.86. The standard InChI is InChI=1S/C24H26F2N2O5/c1-24(25,26)12-13-27-22(31)20(10-11-21(29)30)28-23(32)33-14-19-17-8-4-2-6-15(17)16-7-3-5-9-18(16)19/h2-9,19-20H,10-14H2,1H3,(H,27,31)(H,28,32)(H,29,30). The molecule has 9 heteroatoms. The van der Waals surface area contributed by atoms with Crippen molar-refractivity contribution in [1.82, 2.24) is 10.6 Å². The van der Waals surface area contributed by atoms with E-state index in [9.17, 15) is 23.2 Å². The van der Waals surface area contributed by atoms with Crippen LogP contribution in [0, 0.1) is 0 Å². The molecular weight excluding hydrogens is 434 g/mol. The predicted molar refractivity (Wildman–Crippen MR) is 117 cm³/mol. The van der Waals surface area contributed by atoms with Gasteiger partial charge in [-0.2, -0.15) is 0 Å². The van der Waals surface area contributed by atoms with Gasteiger partial charge in [0.25, 0.3) is 0 Å². The molecule has 0 saturated heterocycles. The van der Waals surface area contributed by atoms with Crippen LogP contribution in [0.5, 0.6) is 0 Å². The van der Waals surface area contributed by atoms with Crippen LogP contribution in [0.2, 0.25) is 0 Å². The summed E-state index contributed by atoms with van der Waals surface area (Å²) in [5, 5.41) is 13.6. The fourth-order valence-corrected chi connectivity index (χ4v) is 3.85. The third-order valence-corrected chi connectivity index (χ3v) is 5.46. The van der Waals surface area contributed by atoms with Crippen molar-refractivity contribution >= 4 is 18.0 Å². The van der Waals surface area contributed by atoms with Gasteiger partial charge >= 0.3 is 12.1 Å². The number of carbonyl (C=O) groups is 3. The van der Waals surface area contributed by atoms with Gasteiger partial charge in [0.2, 0.25) is 11.8 Å². The summed E-state index contributed by atoms with van der Waals surface area (Å²) in [6.45, 7) is 0.448. The predicted octanol–water partition coefficient (Wildman–Crippen LogP) is 3.92. The first-order valence-electron chi connectivity index (χ1n) is 10.6. The topological polar surface area (TPSA) is 105 Å². The molecular formula is C24H26F2N2O5. The van der Waals surface area contributed by atoms with E-state index in [4.69, 9.17) is 9.84 Å². The maximum Gasteiger partial charge on any atom is 0.407 e. The van der Waals surface area contributed by atoms with Crippen LogP contribution >= 0.6 is 0 Å². The summed E-state index contributed by atoms with van der Waals surface area (Å²) in [6.07, 6.45) is -2.04. The summed E-state index contributed by atoms with van der Waals surface area (Å²) in [5.74, 6) is -5.03. The van der Waals surface area contributed by atoms with Gasteiger partial charge in [-0.05, 0) is 35.6 Å². The number of ether oxygens (including phenoxy) is 1. The zero-order valence-corrected chi connectivity index (χ0v) is 18.1. The van der Waals surface area contributed by atoms with E-state index in [0.29, 0.717) is 0 Å². The average molecular weight is 460 g/mol. The van der Waals surface area contributed by atoms with Gasteiger partial charge in [0.05, 0.1) is 0 Å². The minimum Gasteiger partial charge on any atom is -0.481 e. The Morgan fingerprint density at radius 3 is 2.18 bits per heavy atom. The summed E-state index contributed by atoms with van der Waals surface area (Å²) in [6, 6.07) is 14.4. The maximum atomic E-state index is 13.0. The molecule has 1 aliphatic rings. The molecule has 0 aromatic heterocycles. The SMILES string of the molecule is CC(F)(F)CCNC(=O)C(CCC(=O)O)NC(=O)OCC1c2ccccc2-c2ccccc21. The molecule has 3 rings (SSSR count). The van der Waals surface area contributed by atoms with Gasteiger partial charge in [0.15, 0.2) is 0 Å². The van der Waals surface area contributed by atoms with E-state index < -0.39 is 36.4 Å². The Bertz CT molecular complexity index is 976. The van der Waals surface area contributed by atoms with Crippen LogP contribution in [0.15, 0.2) is 48.5 Å². The van der Waals surface area contributed by atoms with Gasteiger partial charge in [-0.25, -0.2) is 13.6 Å². The highest BCUT2D eigenvalue weighted by Gasteiger charge is 2.30. The lowest BCUT2D eigenvalue weighted by Gasteiger charge is -2.20. The van der Waals surface area contributed by atoms with E-state index in [1.807, 2.05) is 48.5 Å². The second-order valence-corrected chi connectivity index (χ2v) is 8.07. The average Bonchev–Trinajstić information content (AvgIpc) is 3.08. The Kier molecular flexibility index (Phi) is 7.63. The summed E-state index contributed by atoms with van der Waals surface area (Å²) in [5.41, 5.74) is 4.17. The van der Waals surface area contributed by atoms with Crippen LogP contribution in [-0.2, 0) is 14.3 Å². The third-order valence-electron chi connectivity index (χ3n) is 5.46. The Hall–Kier alpha value is -3.49. The number of carboxylic acid groups (broad SMARTS) is 1. The zero-order valence-electron chi connectivity index (χ0n) is 18.1. The lowest BCUT2D eigenvalue weighted by molar-refractivity contribution is -0.137. The molecule has 0 bridgehead atoms. The molecule has 1 unspecified atom stereocenters. The van der Waals surface area contributed by atoms with E-state index in [-0.39, 0.29) is 31.9 Å². The number of nitrogens with one attached hydrogen (secondary N) is 2. The second kappa shape index (κ2) is 10.4. The molecule has 1 atom stereocenters. The fraction of sp³-hybridized carbons (Fsp3) is 0.375. The van der Waals surface area contributed by atoms with Crippen LogP contribution < -0.4 is 10.6 Å². The lowest BCUT2D eigenvalue weighted by Crippen LogP contribution is -2.48. The number of halogens is 2. The first-order valence-corrected chi connectivity index (χ1v) is 10.6. The number of fused-ring (bicyclic) bond motifs is 3. The Morgan fingerprint density at radius 1 is 1.06 bits per heavy atom. The highest BCUT2D eigenvalue weighted by atomic mass is 19.3. The molecule has 0 saturated carbocycles. The van der Waals surface area contributed by atoms with Crippen molar-refractivity contribution < 1.29 is 33.0 Å². The van der Waals surface area contributed by atoms with Gasteiger partial charge in [-0.1, -0.05) is 48.5 Å². The number of alkyl halides is 2. The maximum absolute atomic E-state index is 13.0. The zero-order chi connectivity index (χ0) is 24.0. The molecule has 7 nitrogen and oxygen atoms in total. The van der Waals surface area contributed by atoms with Crippen molar-refractivity contribution in [1.29, 1.82) is 0 Å². The first kappa shape index (κ1) is 24.2. The van der Waals surface area contributed by atoms with Gasteiger partial charge in [-0.15, -0.1) is 0 Å². The minimum absolute atomic E-state index is 0.0230. The lowest BCUT2D eigenvalue weighted by atomic mass is 9.98. The van der Waals surface area contributed by atoms with E-state index in [1.165, 1.54) is 0 Å². The summed E-state index contributed by atoms with van der Waals surface area (Å²) < 4.78 is 31.3. The van der Waals surface area contributed by atoms with Crippen LogP contribution in [0.1, 0.15) is 43.2 Å². The second-order valence-electron chi connectivity index (χ2n) is 8.07. The van der Waals surface area contributed by atoms with Crippen molar-refractivity contribution in [2.75, 3.05) is 13.2 Å². The normalized spacial score (nSPS) is 13.5. The minimum atomic E-state index is -2.95. The molecule has 0 radical (unpaired) electrons. The van der Waals surface area contributed by atoms with Gasteiger partial charge in [0.1, 0.15) is 12.6 Å². The molecule has 2 aromatic carbocycles. The summed E-state index contributed by atoms with van der Waals surface area (Å²) >= 11 is 0. The molecule has 33 heavy (non-hydrogen) atoms. The number of carbonyl (C=O) groups excluding carboxylic acids is 2. The largest absolute Gasteiger partial charge is 0.481 e. The Balaban J connectivity index is 1.62. The smallest absolute Gasteiger partial charge is 0.407 e. The number of benzene rings is 2. The van der Waals surface area contributed by atoms with Crippen molar-refractivity contribution in [2.24, 2.45) is 0 Å². The van der Waals surface area contributed by atoms with Crippen molar-refractivity contribution in [3.8, 4) is 11.1 Å². The van der Waals surface area contributed by atoms with Crippen LogP contribution in [0.25, 0.3) is 11.1 Å². The molecule has 0 spiro atoms. The number of hydrogen-bond donors (Lipinski definition) is 3.